The zero-order valence-corrected chi connectivity index (χ0v) is 12.6. The van der Waals surface area contributed by atoms with Gasteiger partial charge in [-0.15, -0.1) is 0 Å². The van der Waals surface area contributed by atoms with Crippen molar-refractivity contribution in [3.63, 3.8) is 0 Å². The Morgan fingerprint density at radius 1 is 1.09 bits per heavy atom. The number of anilines is 2. The van der Waals surface area contributed by atoms with Gasteiger partial charge in [0.15, 0.2) is 0 Å². The lowest BCUT2D eigenvalue weighted by atomic mass is 10.2. The van der Waals surface area contributed by atoms with Crippen LogP contribution in [0.3, 0.4) is 0 Å². The number of carbonyl (C=O) groups is 1. The predicted octanol–water partition coefficient (Wildman–Crippen LogP) is 3.67. The molecule has 0 saturated carbocycles. The Labute approximate surface area is 138 Å². The molecule has 0 aliphatic carbocycles. The van der Waals surface area contributed by atoms with Crippen molar-refractivity contribution in [3.8, 4) is 12.1 Å². The van der Waals surface area contributed by atoms with Crippen LogP contribution in [0.4, 0.5) is 11.4 Å². The molecule has 0 atom stereocenters. The quantitative estimate of drug-likeness (QED) is 0.664. The SMILES string of the molecule is N#C/C(=C/Nc1ccc(C#N)cc1)C(=O)Nc1ccccc1Cl. The van der Waals surface area contributed by atoms with Gasteiger partial charge >= 0.3 is 0 Å². The fraction of sp³-hybridized carbons (Fsp3) is 0. The highest BCUT2D eigenvalue weighted by Gasteiger charge is 2.10. The molecule has 0 heterocycles. The van der Waals surface area contributed by atoms with E-state index in [1.54, 1.807) is 48.5 Å². The van der Waals surface area contributed by atoms with Crippen LogP contribution in [0, 0.1) is 22.7 Å². The number of carbonyl (C=O) groups excluding carboxylic acids is 1. The van der Waals surface area contributed by atoms with Crippen LogP contribution in [0.1, 0.15) is 5.56 Å². The van der Waals surface area contributed by atoms with E-state index >= 15 is 0 Å². The molecule has 1 amide bonds. The summed E-state index contributed by atoms with van der Waals surface area (Å²) in [5.74, 6) is -0.568. The van der Waals surface area contributed by atoms with Crippen molar-refractivity contribution < 1.29 is 4.79 Å². The first-order valence-corrected chi connectivity index (χ1v) is 6.94. The molecule has 112 valence electrons. The first-order chi connectivity index (χ1) is 11.1. The zero-order chi connectivity index (χ0) is 16.7. The molecule has 0 fully saturated rings. The molecule has 0 spiro atoms. The van der Waals surface area contributed by atoms with Crippen LogP contribution < -0.4 is 10.6 Å². The predicted molar refractivity (Wildman–Crippen MR) is 88.6 cm³/mol. The summed E-state index contributed by atoms with van der Waals surface area (Å²) in [4.78, 5) is 12.1. The summed E-state index contributed by atoms with van der Waals surface area (Å²) in [7, 11) is 0. The van der Waals surface area contributed by atoms with E-state index in [2.05, 4.69) is 10.6 Å². The number of halogens is 1. The first-order valence-electron chi connectivity index (χ1n) is 6.57. The molecule has 2 aromatic carbocycles. The van der Waals surface area contributed by atoms with E-state index in [-0.39, 0.29) is 5.57 Å². The second kappa shape index (κ2) is 7.65. The smallest absolute Gasteiger partial charge is 0.267 e. The van der Waals surface area contributed by atoms with Crippen LogP contribution in [-0.4, -0.2) is 5.91 Å². The average Bonchev–Trinajstić information content (AvgIpc) is 2.58. The molecule has 2 N–H and O–H groups in total. The Morgan fingerprint density at radius 3 is 2.39 bits per heavy atom. The zero-order valence-electron chi connectivity index (χ0n) is 11.9. The third-order valence-corrected chi connectivity index (χ3v) is 3.21. The molecular formula is C17H11ClN4O. The van der Waals surface area contributed by atoms with Gasteiger partial charge in [0, 0.05) is 11.9 Å². The van der Waals surface area contributed by atoms with Gasteiger partial charge in [-0.1, -0.05) is 23.7 Å². The minimum Gasteiger partial charge on any atom is -0.360 e. The summed E-state index contributed by atoms with van der Waals surface area (Å²) in [6.07, 6.45) is 1.30. The molecule has 2 rings (SSSR count). The van der Waals surface area contributed by atoms with Gasteiger partial charge in [-0.25, -0.2) is 0 Å². The Balaban J connectivity index is 2.09. The maximum atomic E-state index is 12.1. The van der Waals surface area contributed by atoms with Crippen molar-refractivity contribution in [1.29, 1.82) is 10.5 Å². The fourth-order valence-electron chi connectivity index (χ4n) is 1.70. The lowest BCUT2D eigenvalue weighted by Gasteiger charge is -2.06. The summed E-state index contributed by atoms with van der Waals surface area (Å²) in [6, 6.07) is 17.2. The van der Waals surface area contributed by atoms with Crippen LogP contribution in [0.2, 0.25) is 5.02 Å². The molecule has 0 bridgehead atoms. The lowest BCUT2D eigenvalue weighted by Crippen LogP contribution is -2.14. The standard InChI is InChI=1S/C17H11ClN4O/c18-15-3-1-2-4-16(15)22-17(23)13(10-20)11-21-14-7-5-12(9-19)6-8-14/h1-8,11,21H,(H,22,23)/b13-11-. The molecular weight excluding hydrogens is 312 g/mol. The van der Waals surface area contributed by atoms with E-state index in [0.717, 1.165) is 0 Å². The number of para-hydroxylation sites is 1. The molecule has 5 nitrogen and oxygen atoms in total. The highest BCUT2D eigenvalue weighted by molar-refractivity contribution is 6.33. The minimum atomic E-state index is -0.568. The monoisotopic (exact) mass is 322 g/mol. The Kier molecular flexibility index (Phi) is 5.35. The molecule has 0 unspecified atom stereocenters. The molecule has 23 heavy (non-hydrogen) atoms. The summed E-state index contributed by atoms with van der Waals surface area (Å²) in [6.45, 7) is 0. The van der Waals surface area contributed by atoms with Crippen molar-refractivity contribution in [2.75, 3.05) is 10.6 Å². The van der Waals surface area contributed by atoms with Crippen molar-refractivity contribution in [3.05, 3.63) is 70.9 Å². The lowest BCUT2D eigenvalue weighted by molar-refractivity contribution is -0.112. The van der Waals surface area contributed by atoms with E-state index in [0.29, 0.717) is 22.0 Å². The third-order valence-electron chi connectivity index (χ3n) is 2.88. The van der Waals surface area contributed by atoms with E-state index in [9.17, 15) is 4.79 Å². The average molecular weight is 323 g/mol. The van der Waals surface area contributed by atoms with Gasteiger partial charge in [-0.3, -0.25) is 4.79 Å². The molecule has 0 aromatic heterocycles. The van der Waals surface area contributed by atoms with E-state index < -0.39 is 5.91 Å². The number of rotatable bonds is 4. The summed E-state index contributed by atoms with van der Waals surface area (Å²) >= 11 is 5.96. The molecule has 0 radical (unpaired) electrons. The second-order valence-electron chi connectivity index (χ2n) is 4.44. The van der Waals surface area contributed by atoms with Gasteiger partial charge in [0.05, 0.1) is 22.3 Å². The van der Waals surface area contributed by atoms with E-state index in [4.69, 9.17) is 22.1 Å². The summed E-state index contributed by atoms with van der Waals surface area (Å²) in [5, 5.41) is 23.6. The van der Waals surface area contributed by atoms with E-state index in [1.807, 2.05) is 12.1 Å². The number of amides is 1. The van der Waals surface area contributed by atoms with E-state index in [1.165, 1.54) is 6.20 Å². The second-order valence-corrected chi connectivity index (χ2v) is 4.84. The topological polar surface area (TPSA) is 88.7 Å². The number of nitriles is 2. The van der Waals surface area contributed by atoms with Gasteiger partial charge in [-0.2, -0.15) is 10.5 Å². The number of nitrogens with one attached hydrogen (secondary N) is 2. The number of benzene rings is 2. The Bertz CT molecular complexity index is 829. The first kappa shape index (κ1) is 16.1. The molecule has 0 aliphatic rings. The van der Waals surface area contributed by atoms with Gasteiger partial charge in [0.1, 0.15) is 11.6 Å². The van der Waals surface area contributed by atoms with Crippen molar-refractivity contribution in [2.24, 2.45) is 0 Å². The fourth-order valence-corrected chi connectivity index (χ4v) is 1.88. The summed E-state index contributed by atoms with van der Waals surface area (Å²) in [5.41, 5.74) is 1.51. The summed E-state index contributed by atoms with van der Waals surface area (Å²) < 4.78 is 0. The highest BCUT2D eigenvalue weighted by Crippen LogP contribution is 2.21. The third kappa shape index (κ3) is 4.34. The number of hydrogen-bond donors (Lipinski definition) is 2. The molecule has 2 aromatic rings. The largest absolute Gasteiger partial charge is 0.360 e. The van der Waals surface area contributed by atoms with Gasteiger partial charge in [-0.05, 0) is 36.4 Å². The Hall–Kier alpha value is -3.28. The molecule has 0 saturated heterocycles. The van der Waals surface area contributed by atoms with Crippen LogP contribution >= 0.6 is 11.6 Å². The molecule has 6 heteroatoms. The van der Waals surface area contributed by atoms with Gasteiger partial charge < -0.3 is 10.6 Å². The van der Waals surface area contributed by atoms with Gasteiger partial charge in [0.2, 0.25) is 0 Å². The highest BCUT2D eigenvalue weighted by atomic mass is 35.5. The maximum absolute atomic E-state index is 12.1. The van der Waals surface area contributed by atoms with Crippen molar-refractivity contribution >= 4 is 28.9 Å². The Morgan fingerprint density at radius 2 is 1.78 bits per heavy atom. The van der Waals surface area contributed by atoms with Gasteiger partial charge in [0.25, 0.3) is 5.91 Å². The minimum absolute atomic E-state index is 0.103. The van der Waals surface area contributed by atoms with Crippen molar-refractivity contribution in [1.82, 2.24) is 0 Å². The number of nitrogens with zero attached hydrogens (tertiary/aromatic N) is 2. The van der Waals surface area contributed by atoms with Crippen LogP contribution in [0.15, 0.2) is 60.3 Å². The van der Waals surface area contributed by atoms with Crippen LogP contribution in [-0.2, 0) is 4.79 Å². The van der Waals surface area contributed by atoms with Crippen LogP contribution in [0.5, 0.6) is 0 Å². The normalized spacial score (nSPS) is 10.3. The maximum Gasteiger partial charge on any atom is 0.267 e. The van der Waals surface area contributed by atoms with Crippen molar-refractivity contribution in [2.45, 2.75) is 0 Å². The molecule has 0 aliphatic heterocycles. The number of hydrogen-bond acceptors (Lipinski definition) is 4. The van der Waals surface area contributed by atoms with Crippen LogP contribution in [0.25, 0.3) is 0 Å².